The van der Waals surface area contributed by atoms with E-state index in [1.54, 1.807) is 11.3 Å². The van der Waals surface area contributed by atoms with Crippen molar-refractivity contribution in [1.82, 2.24) is 9.97 Å². The van der Waals surface area contributed by atoms with Crippen LogP contribution in [-0.2, 0) is 6.42 Å². The van der Waals surface area contributed by atoms with Crippen molar-refractivity contribution in [3.05, 3.63) is 40.4 Å². The Hall–Kier alpha value is -1.68. The number of nitrogens with zero attached hydrogens (tertiary/aromatic N) is 1. The van der Waals surface area contributed by atoms with E-state index in [4.69, 9.17) is 0 Å². The van der Waals surface area contributed by atoms with Gasteiger partial charge in [0.1, 0.15) is 10.7 Å². The Kier molecular flexibility index (Phi) is 2.04. The van der Waals surface area contributed by atoms with Crippen LogP contribution in [0.2, 0.25) is 0 Å². The van der Waals surface area contributed by atoms with Crippen LogP contribution in [0.4, 0.5) is 0 Å². The van der Waals surface area contributed by atoms with Gasteiger partial charge in [-0.05, 0) is 6.07 Å². The summed E-state index contributed by atoms with van der Waals surface area (Å²) >= 11 is 1.57. The van der Waals surface area contributed by atoms with E-state index in [1.165, 1.54) is 0 Å². The maximum Gasteiger partial charge on any atom is 0.260 e. The molecule has 1 aromatic carbocycles. The Morgan fingerprint density at radius 2 is 2.19 bits per heavy atom. The predicted octanol–water partition coefficient (Wildman–Crippen LogP) is 2.70. The number of fused-ring (bicyclic) bond motifs is 3. The Labute approximate surface area is 95.8 Å². The molecular weight excluding hydrogens is 220 g/mol. The quantitative estimate of drug-likeness (QED) is 0.698. The zero-order chi connectivity index (χ0) is 11.1. The largest absolute Gasteiger partial charge is 0.310 e. The molecule has 0 unspecified atom stereocenters. The second-order valence-corrected chi connectivity index (χ2v) is 4.68. The van der Waals surface area contributed by atoms with Crippen molar-refractivity contribution in [1.29, 1.82) is 0 Å². The molecule has 0 fully saturated rings. The van der Waals surface area contributed by atoms with Crippen molar-refractivity contribution < 1.29 is 0 Å². The van der Waals surface area contributed by atoms with Gasteiger partial charge in [-0.3, -0.25) is 4.79 Å². The minimum atomic E-state index is -0.0284. The van der Waals surface area contributed by atoms with E-state index >= 15 is 0 Å². The monoisotopic (exact) mass is 230 g/mol. The maximum absolute atomic E-state index is 11.9. The molecule has 0 atom stereocenters. The smallest absolute Gasteiger partial charge is 0.260 e. The number of rotatable bonds is 1. The standard InChI is InChI=1S/C12H10N2OS/c1-2-9-13-11(15)10-7-5-3-4-6-8(7)16-12(10)14-9/h3-6H,2H2,1H3,(H,13,14,15). The summed E-state index contributed by atoms with van der Waals surface area (Å²) in [7, 11) is 0. The molecule has 2 aromatic heterocycles. The van der Waals surface area contributed by atoms with Gasteiger partial charge in [0, 0.05) is 16.5 Å². The van der Waals surface area contributed by atoms with Crippen LogP contribution in [0.15, 0.2) is 29.1 Å². The zero-order valence-corrected chi connectivity index (χ0v) is 9.60. The molecule has 16 heavy (non-hydrogen) atoms. The molecule has 3 nitrogen and oxygen atoms in total. The molecule has 3 aromatic rings. The topological polar surface area (TPSA) is 45.8 Å². The summed E-state index contributed by atoms with van der Waals surface area (Å²) in [4.78, 5) is 20.1. The van der Waals surface area contributed by atoms with Gasteiger partial charge in [0.15, 0.2) is 0 Å². The van der Waals surface area contributed by atoms with Crippen molar-refractivity contribution in [2.75, 3.05) is 0 Å². The molecule has 0 spiro atoms. The number of thiophene rings is 1. The van der Waals surface area contributed by atoms with Crippen LogP contribution in [0.1, 0.15) is 12.7 Å². The minimum Gasteiger partial charge on any atom is -0.310 e. The second-order valence-electron chi connectivity index (χ2n) is 3.64. The third kappa shape index (κ3) is 1.27. The van der Waals surface area contributed by atoms with Crippen LogP contribution in [-0.4, -0.2) is 9.97 Å². The van der Waals surface area contributed by atoms with Gasteiger partial charge in [-0.15, -0.1) is 11.3 Å². The average Bonchev–Trinajstić information content (AvgIpc) is 2.67. The first-order valence-electron chi connectivity index (χ1n) is 5.20. The van der Waals surface area contributed by atoms with E-state index in [0.29, 0.717) is 0 Å². The molecule has 0 aliphatic rings. The van der Waals surface area contributed by atoms with Gasteiger partial charge < -0.3 is 4.98 Å². The fraction of sp³-hybridized carbons (Fsp3) is 0.167. The summed E-state index contributed by atoms with van der Waals surface area (Å²) < 4.78 is 1.11. The van der Waals surface area contributed by atoms with Crippen molar-refractivity contribution in [3.8, 4) is 0 Å². The van der Waals surface area contributed by atoms with Gasteiger partial charge in [0.25, 0.3) is 5.56 Å². The third-order valence-corrected chi connectivity index (χ3v) is 3.70. The number of benzene rings is 1. The highest BCUT2D eigenvalue weighted by molar-refractivity contribution is 7.25. The zero-order valence-electron chi connectivity index (χ0n) is 8.78. The van der Waals surface area contributed by atoms with Crippen molar-refractivity contribution in [3.63, 3.8) is 0 Å². The van der Waals surface area contributed by atoms with Gasteiger partial charge in [-0.1, -0.05) is 25.1 Å². The van der Waals surface area contributed by atoms with Crippen LogP contribution in [0.3, 0.4) is 0 Å². The summed E-state index contributed by atoms with van der Waals surface area (Å²) in [6.45, 7) is 1.98. The van der Waals surface area contributed by atoms with Gasteiger partial charge in [0.05, 0.1) is 5.39 Å². The summed E-state index contributed by atoms with van der Waals surface area (Å²) in [5, 5.41) is 1.72. The number of hydrogen-bond acceptors (Lipinski definition) is 3. The van der Waals surface area contributed by atoms with E-state index in [-0.39, 0.29) is 5.56 Å². The minimum absolute atomic E-state index is 0.0284. The molecule has 0 aliphatic heterocycles. The van der Waals surface area contributed by atoms with E-state index in [0.717, 1.165) is 32.5 Å². The average molecular weight is 230 g/mol. The Balaban J connectivity index is 2.55. The lowest BCUT2D eigenvalue weighted by Crippen LogP contribution is -2.09. The maximum atomic E-state index is 11.9. The fourth-order valence-electron chi connectivity index (χ4n) is 1.84. The Morgan fingerprint density at radius 1 is 1.38 bits per heavy atom. The molecule has 2 heterocycles. The molecule has 0 radical (unpaired) electrons. The van der Waals surface area contributed by atoms with E-state index in [9.17, 15) is 4.79 Å². The first-order chi connectivity index (χ1) is 7.79. The first-order valence-corrected chi connectivity index (χ1v) is 6.01. The van der Waals surface area contributed by atoms with Gasteiger partial charge in [-0.2, -0.15) is 0 Å². The van der Waals surface area contributed by atoms with Gasteiger partial charge >= 0.3 is 0 Å². The summed E-state index contributed by atoms with van der Waals surface area (Å²) in [5.74, 6) is 0.754. The number of H-pyrrole nitrogens is 1. The molecule has 0 saturated carbocycles. The summed E-state index contributed by atoms with van der Waals surface area (Å²) in [6.07, 6.45) is 0.749. The number of aromatic nitrogens is 2. The lowest BCUT2D eigenvalue weighted by molar-refractivity contribution is 0.948. The van der Waals surface area contributed by atoms with E-state index < -0.39 is 0 Å². The summed E-state index contributed by atoms with van der Waals surface area (Å²) in [6, 6.07) is 7.91. The molecule has 0 saturated heterocycles. The van der Waals surface area contributed by atoms with E-state index in [2.05, 4.69) is 9.97 Å². The summed E-state index contributed by atoms with van der Waals surface area (Å²) in [5.41, 5.74) is -0.0284. The molecule has 4 heteroatoms. The Bertz CT molecular complexity index is 727. The lowest BCUT2D eigenvalue weighted by Gasteiger charge is -1.95. The van der Waals surface area contributed by atoms with Gasteiger partial charge in [0.2, 0.25) is 0 Å². The van der Waals surface area contributed by atoms with Gasteiger partial charge in [-0.25, -0.2) is 4.98 Å². The molecule has 0 amide bonds. The van der Waals surface area contributed by atoms with E-state index in [1.807, 2.05) is 31.2 Å². The van der Waals surface area contributed by atoms with Crippen molar-refractivity contribution >= 4 is 31.6 Å². The number of nitrogens with one attached hydrogen (secondary N) is 1. The molecule has 3 rings (SSSR count). The normalized spacial score (nSPS) is 11.3. The van der Waals surface area contributed by atoms with Crippen LogP contribution in [0, 0.1) is 0 Å². The molecule has 80 valence electrons. The molecule has 1 N–H and O–H groups in total. The highest BCUT2D eigenvalue weighted by atomic mass is 32.1. The second kappa shape index (κ2) is 3.42. The lowest BCUT2D eigenvalue weighted by atomic mass is 10.2. The SMILES string of the molecule is CCc1nc2sc3ccccc3c2c(=O)[nH]1. The first kappa shape index (κ1) is 9.54. The number of aromatic amines is 1. The third-order valence-electron chi connectivity index (χ3n) is 2.63. The van der Waals surface area contributed by atoms with Crippen molar-refractivity contribution in [2.45, 2.75) is 13.3 Å². The van der Waals surface area contributed by atoms with Crippen molar-refractivity contribution in [2.24, 2.45) is 0 Å². The van der Waals surface area contributed by atoms with Crippen LogP contribution >= 0.6 is 11.3 Å². The molecule has 0 bridgehead atoms. The fourth-order valence-corrected chi connectivity index (χ4v) is 2.94. The van der Waals surface area contributed by atoms with Crippen LogP contribution < -0.4 is 5.56 Å². The highest BCUT2D eigenvalue weighted by Crippen LogP contribution is 2.29. The molecular formula is C12H10N2OS. The number of aryl methyl sites for hydroxylation is 1. The predicted molar refractivity (Wildman–Crippen MR) is 67.1 cm³/mol. The van der Waals surface area contributed by atoms with Crippen LogP contribution in [0.5, 0.6) is 0 Å². The molecule has 0 aliphatic carbocycles. The highest BCUT2D eigenvalue weighted by Gasteiger charge is 2.09. The van der Waals surface area contributed by atoms with Crippen LogP contribution in [0.25, 0.3) is 20.3 Å². The Morgan fingerprint density at radius 3 is 3.00 bits per heavy atom. The number of hydrogen-bond donors (Lipinski definition) is 1.